The highest BCUT2D eigenvalue weighted by Crippen LogP contribution is 2.20. The Hall–Kier alpha value is -1.38. The van der Waals surface area contributed by atoms with Gasteiger partial charge >= 0.3 is 0 Å². The van der Waals surface area contributed by atoms with Crippen molar-refractivity contribution in [2.24, 2.45) is 4.99 Å². The van der Waals surface area contributed by atoms with Crippen molar-refractivity contribution < 1.29 is 4.74 Å². The zero-order valence-corrected chi connectivity index (χ0v) is 8.32. The summed E-state index contributed by atoms with van der Waals surface area (Å²) in [6.07, 6.45) is 1.68. The fourth-order valence-corrected chi connectivity index (χ4v) is 1.30. The highest BCUT2D eigenvalue weighted by Gasteiger charge is 2.28. The van der Waals surface area contributed by atoms with Gasteiger partial charge in [-0.1, -0.05) is 6.07 Å². The molecule has 0 fully saturated rings. The minimum absolute atomic E-state index is 0.167. The molecule has 3 nitrogen and oxygen atoms in total. The highest BCUT2D eigenvalue weighted by molar-refractivity contribution is 5.95. The maximum atomic E-state index is 5.77. The van der Waals surface area contributed by atoms with Crippen LogP contribution < -0.4 is 0 Å². The van der Waals surface area contributed by atoms with Gasteiger partial charge in [0.25, 0.3) is 0 Å². The molecule has 0 aromatic carbocycles. The van der Waals surface area contributed by atoms with Crippen molar-refractivity contribution in [3.8, 4) is 0 Å². The first-order valence-corrected chi connectivity index (χ1v) is 4.52. The second kappa shape index (κ2) is 3.08. The number of ether oxygens (including phenoxy) is 1. The number of aliphatic imine (C=N–C) groups is 1. The van der Waals surface area contributed by atoms with Crippen molar-refractivity contribution in [3.05, 3.63) is 36.5 Å². The summed E-state index contributed by atoms with van der Waals surface area (Å²) in [5, 5.41) is 0. The minimum atomic E-state index is -0.167. The second-order valence-corrected chi connectivity index (χ2v) is 3.96. The molecule has 0 unspecified atom stereocenters. The summed E-state index contributed by atoms with van der Waals surface area (Å²) >= 11 is 0. The van der Waals surface area contributed by atoms with Crippen LogP contribution in [-0.4, -0.2) is 23.0 Å². The van der Waals surface area contributed by atoms with E-state index >= 15 is 0 Å². The van der Waals surface area contributed by atoms with E-state index in [0.29, 0.717) is 23.8 Å². The largest absolute Gasteiger partial charge is 0.474 e. The van der Waals surface area contributed by atoms with Crippen LogP contribution in [0, 0.1) is 6.92 Å². The summed E-state index contributed by atoms with van der Waals surface area (Å²) in [4.78, 5) is 8.55. The molecular formula is C11H12N2O. The Morgan fingerprint density at radius 3 is 2.86 bits per heavy atom. The Morgan fingerprint density at radius 2 is 2.29 bits per heavy atom. The molecule has 0 atom stereocenters. The smallest absolute Gasteiger partial charge is 0.236 e. The van der Waals surface area contributed by atoms with Crippen molar-refractivity contribution in [3.63, 3.8) is 0 Å². The van der Waals surface area contributed by atoms with Crippen LogP contribution in [0.3, 0.4) is 0 Å². The lowest BCUT2D eigenvalue weighted by Gasteiger charge is -2.07. The first kappa shape index (κ1) is 9.19. The van der Waals surface area contributed by atoms with Crippen LogP contribution in [0.1, 0.15) is 25.1 Å². The van der Waals surface area contributed by atoms with Gasteiger partial charge in [0, 0.05) is 13.1 Å². The Kier molecular flexibility index (Phi) is 2.02. The molecule has 0 amide bonds. The molecule has 0 spiro atoms. The summed E-state index contributed by atoms with van der Waals surface area (Å²) in [5.41, 5.74) is 1.07. The Balaban J connectivity index is 2.38. The van der Waals surface area contributed by atoms with Gasteiger partial charge in [0.2, 0.25) is 5.90 Å². The third kappa shape index (κ3) is 1.62. The standard InChI is InChI=1S/C11H12N2O/c1-8-5-4-6-12-9(8)10-13-11(2,3)7-14-10/h1,4-6H,7H2,2-3H3. The maximum Gasteiger partial charge on any atom is 0.236 e. The van der Waals surface area contributed by atoms with Crippen molar-refractivity contribution >= 4 is 5.90 Å². The molecule has 0 N–H and O–H groups in total. The summed E-state index contributed by atoms with van der Waals surface area (Å²) in [6.45, 7) is 10.4. The molecule has 0 saturated carbocycles. The zero-order valence-electron chi connectivity index (χ0n) is 8.32. The fourth-order valence-electron chi connectivity index (χ4n) is 1.30. The first-order valence-electron chi connectivity index (χ1n) is 4.52. The molecule has 1 aromatic heterocycles. The zero-order chi connectivity index (χ0) is 10.2. The lowest BCUT2D eigenvalue weighted by molar-refractivity contribution is 0.279. The molecular weight excluding hydrogens is 176 g/mol. The number of rotatable bonds is 1. The van der Waals surface area contributed by atoms with Crippen molar-refractivity contribution in [1.82, 2.24) is 4.98 Å². The lowest BCUT2D eigenvalue weighted by Crippen LogP contribution is -2.17. The molecule has 72 valence electrons. The number of hydrogen-bond donors (Lipinski definition) is 0. The fraction of sp³-hybridized carbons (Fsp3) is 0.364. The molecule has 0 aliphatic carbocycles. The summed E-state index contributed by atoms with van der Waals surface area (Å²) in [7, 11) is 0. The molecule has 2 radical (unpaired) electrons. The number of pyridine rings is 1. The normalized spacial score (nSPS) is 18.9. The molecule has 1 aliphatic heterocycles. The van der Waals surface area contributed by atoms with Gasteiger partial charge in [0.15, 0.2) is 0 Å². The second-order valence-electron chi connectivity index (χ2n) is 3.96. The summed E-state index contributed by atoms with van der Waals surface area (Å²) < 4.78 is 5.44. The maximum absolute atomic E-state index is 5.77. The Morgan fingerprint density at radius 1 is 1.50 bits per heavy atom. The van der Waals surface area contributed by atoms with E-state index in [9.17, 15) is 0 Å². The molecule has 2 rings (SSSR count). The van der Waals surface area contributed by atoms with Crippen molar-refractivity contribution in [2.45, 2.75) is 19.4 Å². The third-order valence-electron chi connectivity index (χ3n) is 2.01. The van der Waals surface area contributed by atoms with Crippen LogP contribution >= 0.6 is 0 Å². The van der Waals surface area contributed by atoms with Crippen LogP contribution in [0.5, 0.6) is 0 Å². The monoisotopic (exact) mass is 188 g/mol. The van der Waals surface area contributed by atoms with E-state index < -0.39 is 0 Å². The SMILES string of the molecule is [CH]c1cccnc1C1=NC(C)(C)CO1. The predicted octanol–water partition coefficient (Wildman–Crippen LogP) is 1.70. The number of aromatic nitrogens is 1. The van der Waals surface area contributed by atoms with Crippen LogP contribution in [0.4, 0.5) is 0 Å². The van der Waals surface area contributed by atoms with Crippen LogP contribution in [0.2, 0.25) is 0 Å². The predicted molar refractivity (Wildman–Crippen MR) is 54.2 cm³/mol. The topological polar surface area (TPSA) is 34.5 Å². The van der Waals surface area contributed by atoms with Gasteiger partial charge in [-0.25, -0.2) is 4.99 Å². The average molecular weight is 188 g/mol. The van der Waals surface area contributed by atoms with Gasteiger partial charge in [0.1, 0.15) is 12.3 Å². The summed E-state index contributed by atoms with van der Waals surface area (Å²) in [6, 6.07) is 3.58. The molecule has 0 saturated heterocycles. The van der Waals surface area contributed by atoms with Crippen molar-refractivity contribution in [2.75, 3.05) is 6.61 Å². The molecule has 14 heavy (non-hydrogen) atoms. The van der Waals surface area contributed by atoms with Gasteiger partial charge in [-0.05, 0) is 25.5 Å². The molecule has 0 bridgehead atoms. The lowest BCUT2D eigenvalue weighted by atomic mass is 10.1. The van der Waals surface area contributed by atoms with E-state index in [2.05, 4.69) is 9.98 Å². The van der Waals surface area contributed by atoms with Gasteiger partial charge in [-0.2, -0.15) is 0 Å². The van der Waals surface area contributed by atoms with Gasteiger partial charge < -0.3 is 4.74 Å². The van der Waals surface area contributed by atoms with Crippen LogP contribution in [0.25, 0.3) is 0 Å². The quantitative estimate of drug-likeness (QED) is 0.672. The molecule has 2 heterocycles. The highest BCUT2D eigenvalue weighted by atomic mass is 16.5. The number of nitrogens with zero attached hydrogens (tertiary/aromatic N) is 2. The van der Waals surface area contributed by atoms with E-state index in [0.717, 1.165) is 0 Å². The van der Waals surface area contributed by atoms with E-state index in [1.54, 1.807) is 18.3 Å². The molecule has 3 heteroatoms. The van der Waals surface area contributed by atoms with E-state index in [-0.39, 0.29) is 5.54 Å². The molecule has 1 aromatic rings. The first-order chi connectivity index (χ1) is 6.58. The Labute approximate surface area is 83.8 Å². The van der Waals surface area contributed by atoms with Gasteiger partial charge in [-0.15, -0.1) is 0 Å². The average Bonchev–Trinajstić information content (AvgIpc) is 2.47. The third-order valence-corrected chi connectivity index (χ3v) is 2.01. The van der Waals surface area contributed by atoms with E-state index in [1.165, 1.54) is 0 Å². The van der Waals surface area contributed by atoms with E-state index in [4.69, 9.17) is 11.7 Å². The van der Waals surface area contributed by atoms with Crippen molar-refractivity contribution in [1.29, 1.82) is 0 Å². The van der Waals surface area contributed by atoms with Gasteiger partial charge in [0.05, 0.1) is 5.54 Å². The van der Waals surface area contributed by atoms with Crippen LogP contribution in [-0.2, 0) is 4.74 Å². The molecule has 1 aliphatic rings. The van der Waals surface area contributed by atoms with Gasteiger partial charge in [-0.3, -0.25) is 4.98 Å². The Bertz CT molecular complexity index is 383. The number of hydrogen-bond acceptors (Lipinski definition) is 3. The minimum Gasteiger partial charge on any atom is -0.474 e. The summed E-state index contributed by atoms with van der Waals surface area (Å²) in [5.74, 6) is 0.549. The van der Waals surface area contributed by atoms with Crippen LogP contribution in [0.15, 0.2) is 23.3 Å². The van der Waals surface area contributed by atoms with E-state index in [1.807, 2.05) is 13.8 Å².